The average Bonchev–Trinajstić information content (AvgIpc) is 2.90. The van der Waals surface area contributed by atoms with Gasteiger partial charge >= 0.3 is 5.97 Å². The fourth-order valence-corrected chi connectivity index (χ4v) is 3.57. The van der Waals surface area contributed by atoms with Crippen LogP contribution in [0, 0.1) is 17.3 Å². The second-order valence-electron chi connectivity index (χ2n) is 5.70. The maximum atomic E-state index is 12.3. The van der Waals surface area contributed by atoms with Crippen molar-refractivity contribution in [2.45, 2.75) is 32.6 Å². The number of hydrogen-bond acceptors (Lipinski definition) is 2. The van der Waals surface area contributed by atoms with Crippen molar-refractivity contribution in [3.05, 3.63) is 30.3 Å². The van der Waals surface area contributed by atoms with Gasteiger partial charge in [0, 0.05) is 0 Å². The molecule has 2 saturated carbocycles. The Labute approximate surface area is 102 Å². The Morgan fingerprint density at radius 3 is 2.65 bits per heavy atom. The Bertz CT molecular complexity index is 426. The average molecular weight is 230 g/mol. The van der Waals surface area contributed by atoms with Gasteiger partial charge in [0.1, 0.15) is 5.75 Å². The highest BCUT2D eigenvalue weighted by Gasteiger charge is 2.53. The summed E-state index contributed by atoms with van der Waals surface area (Å²) in [5.74, 6) is 1.94. The van der Waals surface area contributed by atoms with E-state index in [-0.39, 0.29) is 11.4 Å². The van der Waals surface area contributed by atoms with Crippen molar-refractivity contribution in [1.29, 1.82) is 0 Å². The molecule has 0 saturated heterocycles. The molecule has 0 amide bonds. The molecule has 90 valence electrons. The van der Waals surface area contributed by atoms with Gasteiger partial charge in [-0.2, -0.15) is 0 Å². The van der Waals surface area contributed by atoms with Crippen LogP contribution in [0.2, 0.25) is 0 Å². The number of fused-ring (bicyclic) bond motifs is 2. The molecule has 0 aromatic heterocycles. The van der Waals surface area contributed by atoms with Crippen LogP contribution in [-0.2, 0) is 4.79 Å². The number of benzene rings is 1. The lowest BCUT2D eigenvalue weighted by molar-refractivity contribution is -0.148. The van der Waals surface area contributed by atoms with Crippen molar-refractivity contribution in [3.8, 4) is 5.75 Å². The molecule has 2 heteroatoms. The summed E-state index contributed by atoms with van der Waals surface area (Å²) < 4.78 is 5.52. The Morgan fingerprint density at radius 1 is 1.29 bits per heavy atom. The third kappa shape index (κ3) is 1.76. The van der Waals surface area contributed by atoms with Gasteiger partial charge in [0.05, 0.1) is 5.41 Å². The molecule has 2 nitrogen and oxygen atoms in total. The first-order chi connectivity index (χ1) is 8.18. The van der Waals surface area contributed by atoms with Gasteiger partial charge in [0.25, 0.3) is 0 Å². The van der Waals surface area contributed by atoms with Gasteiger partial charge in [-0.05, 0) is 50.2 Å². The number of esters is 1. The standard InChI is InChI=1S/C15H18O2/c1-15(10-11-7-8-12(15)9-11)14(16)17-13-5-3-2-4-6-13/h2-6,11-12H,7-10H2,1H3. The van der Waals surface area contributed by atoms with Gasteiger partial charge in [-0.1, -0.05) is 24.6 Å². The van der Waals surface area contributed by atoms with Crippen molar-refractivity contribution in [2.24, 2.45) is 17.3 Å². The van der Waals surface area contributed by atoms with E-state index in [4.69, 9.17) is 4.74 Å². The van der Waals surface area contributed by atoms with E-state index >= 15 is 0 Å². The van der Waals surface area contributed by atoms with E-state index in [9.17, 15) is 4.79 Å². The molecule has 1 aromatic carbocycles. The summed E-state index contributed by atoms with van der Waals surface area (Å²) >= 11 is 0. The fraction of sp³-hybridized carbons (Fsp3) is 0.533. The quantitative estimate of drug-likeness (QED) is 0.575. The lowest BCUT2D eigenvalue weighted by atomic mass is 9.75. The molecule has 0 N–H and O–H groups in total. The molecule has 3 unspecified atom stereocenters. The molecule has 2 fully saturated rings. The van der Waals surface area contributed by atoms with E-state index in [1.807, 2.05) is 30.3 Å². The van der Waals surface area contributed by atoms with Gasteiger partial charge in [0.15, 0.2) is 0 Å². The van der Waals surface area contributed by atoms with Crippen molar-refractivity contribution in [2.75, 3.05) is 0 Å². The van der Waals surface area contributed by atoms with Crippen LogP contribution in [0.4, 0.5) is 0 Å². The molecule has 1 aromatic rings. The first-order valence-electron chi connectivity index (χ1n) is 6.46. The molecular weight excluding hydrogens is 212 g/mol. The third-order valence-corrected chi connectivity index (χ3v) is 4.58. The van der Waals surface area contributed by atoms with Crippen LogP contribution in [0.25, 0.3) is 0 Å². The van der Waals surface area contributed by atoms with Crippen LogP contribution in [0.5, 0.6) is 5.75 Å². The minimum atomic E-state index is -0.237. The highest BCUT2D eigenvalue weighted by atomic mass is 16.5. The molecular formula is C15H18O2. The van der Waals surface area contributed by atoms with Gasteiger partial charge in [-0.15, -0.1) is 0 Å². The van der Waals surface area contributed by atoms with E-state index in [0.717, 1.165) is 12.3 Å². The monoisotopic (exact) mass is 230 g/mol. The molecule has 0 spiro atoms. The van der Waals surface area contributed by atoms with Gasteiger partial charge < -0.3 is 4.74 Å². The van der Waals surface area contributed by atoms with Crippen LogP contribution < -0.4 is 4.74 Å². The predicted molar refractivity (Wildman–Crippen MR) is 65.6 cm³/mol. The summed E-state index contributed by atoms with van der Waals surface area (Å²) in [6.45, 7) is 2.09. The molecule has 0 aliphatic heterocycles. The predicted octanol–water partition coefficient (Wildman–Crippen LogP) is 3.42. The summed E-state index contributed by atoms with van der Waals surface area (Å²) in [5, 5.41) is 0. The second-order valence-corrected chi connectivity index (χ2v) is 5.70. The summed E-state index contributed by atoms with van der Waals surface area (Å²) in [5.41, 5.74) is -0.237. The van der Waals surface area contributed by atoms with Crippen molar-refractivity contribution in [3.63, 3.8) is 0 Å². The highest BCUT2D eigenvalue weighted by molar-refractivity contribution is 5.79. The van der Waals surface area contributed by atoms with E-state index in [2.05, 4.69) is 6.92 Å². The molecule has 0 radical (unpaired) electrons. The first kappa shape index (κ1) is 10.8. The molecule has 2 bridgehead atoms. The normalized spacial score (nSPS) is 34.9. The van der Waals surface area contributed by atoms with E-state index in [0.29, 0.717) is 11.7 Å². The molecule has 0 heterocycles. The molecule has 3 atom stereocenters. The van der Waals surface area contributed by atoms with Gasteiger partial charge in [-0.25, -0.2) is 0 Å². The van der Waals surface area contributed by atoms with E-state index < -0.39 is 0 Å². The lowest BCUT2D eigenvalue weighted by Gasteiger charge is -2.31. The number of carbonyl (C=O) groups excluding carboxylic acids is 1. The van der Waals surface area contributed by atoms with Gasteiger partial charge in [0.2, 0.25) is 0 Å². The number of para-hydroxylation sites is 1. The number of hydrogen-bond donors (Lipinski definition) is 0. The zero-order valence-electron chi connectivity index (χ0n) is 10.2. The Balaban J connectivity index is 1.75. The summed E-state index contributed by atoms with van der Waals surface area (Å²) in [4.78, 5) is 12.3. The summed E-state index contributed by atoms with van der Waals surface area (Å²) in [6, 6.07) is 9.40. The third-order valence-electron chi connectivity index (χ3n) is 4.58. The number of carbonyl (C=O) groups is 1. The number of rotatable bonds is 2. The van der Waals surface area contributed by atoms with Crippen LogP contribution >= 0.6 is 0 Å². The molecule has 2 aliphatic rings. The van der Waals surface area contributed by atoms with Gasteiger partial charge in [-0.3, -0.25) is 4.79 Å². The highest BCUT2D eigenvalue weighted by Crippen LogP contribution is 2.56. The summed E-state index contributed by atoms with van der Waals surface area (Å²) in [6.07, 6.45) is 4.74. The molecule has 17 heavy (non-hydrogen) atoms. The second kappa shape index (κ2) is 3.86. The minimum absolute atomic E-state index is 0.0316. The topological polar surface area (TPSA) is 26.3 Å². The Hall–Kier alpha value is -1.31. The summed E-state index contributed by atoms with van der Waals surface area (Å²) in [7, 11) is 0. The SMILES string of the molecule is CC1(C(=O)Oc2ccccc2)CC2CCC1C2. The zero-order chi connectivity index (χ0) is 11.9. The van der Waals surface area contributed by atoms with Crippen LogP contribution in [0.3, 0.4) is 0 Å². The lowest BCUT2D eigenvalue weighted by Crippen LogP contribution is -2.36. The number of ether oxygens (including phenoxy) is 1. The molecule has 2 aliphatic carbocycles. The minimum Gasteiger partial charge on any atom is -0.426 e. The zero-order valence-corrected chi connectivity index (χ0v) is 10.2. The van der Waals surface area contributed by atoms with Crippen molar-refractivity contribution < 1.29 is 9.53 Å². The van der Waals surface area contributed by atoms with Crippen LogP contribution in [0.15, 0.2) is 30.3 Å². The fourth-order valence-electron chi connectivity index (χ4n) is 3.57. The van der Waals surface area contributed by atoms with Crippen LogP contribution in [-0.4, -0.2) is 5.97 Å². The van der Waals surface area contributed by atoms with E-state index in [1.165, 1.54) is 19.3 Å². The molecule has 3 rings (SSSR count). The Kier molecular flexibility index (Phi) is 2.46. The van der Waals surface area contributed by atoms with E-state index in [1.54, 1.807) is 0 Å². The maximum absolute atomic E-state index is 12.3. The van der Waals surface area contributed by atoms with Crippen molar-refractivity contribution in [1.82, 2.24) is 0 Å². The largest absolute Gasteiger partial charge is 0.426 e. The van der Waals surface area contributed by atoms with Crippen LogP contribution in [0.1, 0.15) is 32.6 Å². The van der Waals surface area contributed by atoms with Crippen molar-refractivity contribution >= 4 is 5.97 Å². The smallest absolute Gasteiger partial charge is 0.317 e. The maximum Gasteiger partial charge on any atom is 0.317 e. The Morgan fingerprint density at radius 2 is 2.06 bits per heavy atom. The first-order valence-corrected chi connectivity index (χ1v) is 6.46.